The SMILES string of the molecule is Cc1c(NC[C@@H]2CCNC2)nc(-c2ccc(C#N)c(F)c2)n(-c2ccc(C3CC3)cc2)c1=O. The lowest BCUT2D eigenvalue weighted by Crippen LogP contribution is -2.27. The Morgan fingerprint density at radius 2 is 2.00 bits per heavy atom. The summed E-state index contributed by atoms with van der Waals surface area (Å²) in [6.07, 6.45) is 3.48. The van der Waals surface area contributed by atoms with E-state index in [1.54, 1.807) is 13.0 Å². The highest BCUT2D eigenvalue weighted by Crippen LogP contribution is 2.40. The minimum absolute atomic E-state index is 0.0411. The number of hydrogen-bond donors (Lipinski definition) is 2. The van der Waals surface area contributed by atoms with Crippen LogP contribution in [0.25, 0.3) is 17.1 Å². The number of nitrogens with one attached hydrogen (secondary N) is 2. The van der Waals surface area contributed by atoms with E-state index < -0.39 is 5.82 Å². The van der Waals surface area contributed by atoms with Gasteiger partial charge in [0.05, 0.1) is 16.8 Å². The minimum atomic E-state index is -0.632. The molecule has 0 radical (unpaired) electrons. The first kappa shape index (κ1) is 21.4. The predicted octanol–water partition coefficient (Wildman–Crippen LogP) is 4.12. The fraction of sp³-hybridized carbons (Fsp3) is 0.346. The van der Waals surface area contributed by atoms with Gasteiger partial charge in [0.1, 0.15) is 23.5 Å². The first-order valence-electron chi connectivity index (χ1n) is 11.4. The van der Waals surface area contributed by atoms with Crippen molar-refractivity contribution in [3.63, 3.8) is 0 Å². The van der Waals surface area contributed by atoms with Crippen LogP contribution in [0.5, 0.6) is 0 Å². The highest BCUT2D eigenvalue weighted by molar-refractivity contribution is 5.63. The van der Waals surface area contributed by atoms with Gasteiger partial charge < -0.3 is 10.6 Å². The number of anilines is 1. The van der Waals surface area contributed by atoms with Crippen molar-refractivity contribution in [1.29, 1.82) is 5.26 Å². The fourth-order valence-electron chi connectivity index (χ4n) is 4.40. The third kappa shape index (κ3) is 4.27. The first-order valence-corrected chi connectivity index (χ1v) is 11.4. The summed E-state index contributed by atoms with van der Waals surface area (Å²) in [4.78, 5) is 18.3. The summed E-state index contributed by atoms with van der Waals surface area (Å²) in [5.41, 5.74) is 2.68. The van der Waals surface area contributed by atoms with Crippen LogP contribution in [0.4, 0.5) is 10.2 Å². The van der Waals surface area contributed by atoms with Gasteiger partial charge in [0, 0.05) is 12.1 Å². The molecule has 0 unspecified atom stereocenters. The van der Waals surface area contributed by atoms with E-state index in [2.05, 4.69) is 22.8 Å². The van der Waals surface area contributed by atoms with Crippen molar-refractivity contribution in [2.24, 2.45) is 5.92 Å². The molecule has 168 valence electrons. The zero-order valence-electron chi connectivity index (χ0n) is 18.6. The lowest BCUT2D eigenvalue weighted by Gasteiger charge is -2.18. The molecular formula is C26H26FN5O. The van der Waals surface area contributed by atoms with Gasteiger partial charge in [-0.05, 0) is 87.0 Å². The lowest BCUT2D eigenvalue weighted by molar-refractivity contribution is 0.613. The van der Waals surface area contributed by atoms with Crippen LogP contribution < -0.4 is 16.2 Å². The summed E-state index contributed by atoms with van der Waals surface area (Å²) in [6.45, 7) is 4.40. The van der Waals surface area contributed by atoms with Crippen molar-refractivity contribution < 1.29 is 4.39 Å². The van der Waals surface area contributed by atoms with Crippen LogP contribution in [0, 0.1) is 30.0 Å². The topological polar surface area (TPSA) is 82.7 Å². The molecule has 1 saturated heterocycles. The Bertz CT molecular complexity index is 1280. The first-order chi connectivity index (χ1) is 16.0. The number of rotatable bonds is 6. The van der Waals surface area contributed by atoms with E-state index in [0.29, 0.717) is 46.8 Å². The molecule has 2 aromatic carbocycles. The van der Waals surface area contributed by atoms with Crippen LogP contribution in [0.2, 0.25) is 0 Å². The molecule has 0 bridgehead atoms. The molecule has 2 fully saturated rings. The fourth-order valence-corrected chi connectivity index (χ4v) is 4.40. The monoisotopic (exact) mass is 443 g/mol. The van der Waals surface area contributed by atoms with E-state index >= 15 is 0 Å². The molecule has 2 aliphatic rings. The van der Waals surface area contributed by atoms with Crippen LogP contribution in [0.1, 0.15) is 41.9 Å². The molecule has 3 aromatic rings. The van der Waals surface area contributed by atoms with Gasteiger partial charge in [-0.1, -0.05) is 12.1 Å². The maximum atomic E-state index is 14.5. The minimum Gasteiger partial charge on any atom is -0.369 e. The van der Waals surface area contributed by atoms with Gasteiger partial charge in [0.2, 0.25) is 0 Å². The maximum Gasteiger partial charge on any atom is 0.263 e. The average Bonchev–Trinajstić information content (AvgIpc) is 3.55. The van der Waals surface area contributed by atoms with Crippen molar-refractivity contribution in [3.05, 3.63) is 75.3 Å². The second-order valence-corrected chi connectivity index (χ2v) is 8.96. The molecule has 6 nitrogen and oxygen atoms in total. The molecule has 1 aliphatic heterocycles. The molecule has 0 spiro atoms. The van der Waals surface area contributed by atoms with E-state index in [1.807, 2.05) is 18.2 Å². The molecule has 0 amide bonds. The Morgan fingerprint density at radius 1 is 1.21 bits per heavy atom. The van der Waals surface area contributed by atoms with Crippen molar-refractivity contribution >= 4 is 5.82 Å². The molecule has 5 rings (SSSR count). The average molecular weight is 444 g/mol. The molecule has 1 aromatic heterocycles. The number of nitriles is 1. The van der Waals surface area contributed by atoms with E-state index in [-0.39, 0.29) is 11.1 Å². The van der Waals surface area contributed by atoms with E-state index in [4.69, 9.17) is 10.2 Å². The summed E-state index contributed by atoms with van der Waals surface area (Å²) in [5.74, 6) is 1.31. The lowest BCUT2D eigenvalue weighted by atomic mass is 10.1. The van der Waals surface area contributed by atoms with Crippen LogP contribution >= 0.6 is 0 Å². The highest BCUT2D eigenvalue weighted by Gasteiger charge is 2.24. The zero-order valence-corrected chi connectivity index (χ0v) is 18.6. The maximum absolute atomic E-state index is 14.5. The van der Waals surface area contributed by atoms with E-state index in [0.717, 1.165) is 19.5 Å². The molecule has 2 N–H and O–H groups in total. The predicted molar refractivity (Wildman–Crippen MR) is 126 cm³/mol. The Morgan fingerprint density at radius 3 is 2.64 bits per heavy atom. The van der Waals surface area contributed by atoms with E-state index in [1.165, 1.54) is 35.1 Å². The van der Waals surface area contributed by atoms with Crippen LogP contribution in [0.15, 0.2) is 47.3 Å². The van der Waals surface area contributed by atoms with Gasteiger partial charge in [-0.3, -0.25) is 9.36 Å². The molecular weight excluding hydrogens is 417 g/mol. The van der Waals surface area contributed by atoms with Crippen LogP contribution in [-0.2, 0) is 0 Å². The quantitative estimate of drug-likeness (QED) is 0.599. The smallest absolute Gasteiger partial charge is 0.263 e. The molecule has 1 aliphatic carbocycles. The summed E-state index contributed by atoms with van der Waals surface area (Å²) < 4.78 is 16.0. The molecule has 33 heavy (non-hydrogen) atoms. The Balaban J connectivity index is 1.61. The largest absolute Gasteiger partial charge is 0.369 e. The van der Waals surface area contributed by atoms with Crippen molar-refractivity contribution in [1.82, 2.24) is 14.9 Å². The number of nitrogens with zero attached hydrogens (tertiary/aromatic N) is 3. The number of halogens is 1. The summed E-state index contributed by atoms with van der Waals surface area (Å²) in [7, 11) is 0. The summed E-state index contributed by atoms with van der Waals surface area (Å²) in [5, 5.41) is 15.8. The zero-order chi connectivity index (χ0) is 22.9. The standard InChI is InChI=1S/C26H26FN5O/c1-16-24(30-15-17-10-11-29-14-17)31-25(20-4-5-21(13-28)23(27)12-20)32(26(16)33)22-8-6-19(7-9-22)18-2-3-18/h4-9,12,17-18,29-30H,2-3,10-11,14-15H2,1H3/t17-/m1/s1. The van der Waals surface area contributed by atoms with Crippen molar-refractivity contribution in [2.75, 3.05) is 25.0 Å². The second-order valence-electron chi connectivity index (χ2n) is 8.96. The van der Waals surface area contributed by atoms with Gasteiger partial charge in [-0.25, -0.2) is 9.37 Å². The molecule has 2 heterocycles. The highest BCUT2D eigenvalue weighted by atomic mass is 19.1. The number of aromatic nitrogens is 2. The number of hydrogen-bond acceptors (Lipinski definition) is 5. The molecule has 1 atom stereocenters. The molecule has 7 heteroatoms. The number of benzene rings is 2. The van der Waals surface area contributed by atoms with Gasteiger partial charge >= 0.3 is 0 Å². The third-order valence-corrected chi connectivity index (χ3v) is 6.58. The normalized spacial score (nSPS) is 17.7. The van der Waals surface area contributed by atoms with Crippen molar-refractivity contribution in [3.8, 4) is 23.1 Å². The Labute approximate surface area is 192 Å². The Hall–Kier alpha value is -3.50. The van der Waals surface area contributed by atoms with Crippen LogP contribution in [-0.4, -0.2) is 29.2 Å². The van der Waals surface area contributed by atoms with E-state index in [9.17, 15) is 9.18 Å². The summed E-state index contributed by atoms with van der Waals surface area (Å²) in [6, 6.07) is 14.1. The van der Waals surface area contributed by atoms with Gasteiger partial charge in [0.15, 0.2) is 0 Å². The summed E-state index contributed by atoms with van der Waals surface area (Å²) >= 11 is 0. The second kappa shape index (κ2) is 8.80. The molecule has 1 saturated carbocycles. The van der Waals surface area contributed by atoms with Crippen molar-refractivity contribution in [2.45, 2.75) is 32.1 Å². The van der Waals surface area contributed by atoms with Gasteiger partial charge in [-0.15, -0.1) is 0 Å². The van der Waals surface area contributed by atoms with Gasteiger partial charge in [0.25, 0.3) is 5.56 Å². The van der Waals surface area contributed by atoms with Gasteiger partial charge in [-0.2, -0.15) is 5.26 Å². The van der Waals surface area contributed by atoms with Crippen LogP contribution in [0.3, 0.4) is 0 Å². The third-order valence-electron chi connectivity index (χ3n) is 6.58. The Kier molecular flexibility index (Phi) is 5.69.